The van der Waals surface area contributed by atoms with Gasteiger partial charge in [-0.25, -0.2) is 0 Å². The molecule has 0 aliphatic heterocycles. The second-order valence-electron chi connectivity index (χ2n) is 2.97. The van der Waals surface area contributed by atoms with Crippen molar-refractivity contribution in [3.8, 4) is 6.07 Å². The Morgan fingerprint density at radius 1 is 1.62 bits per heavy atom. The summed E-state index contributed by atoms with van der Waals surface area (Å²) >= 11 is 0. The van der Waals surface area contributed by atoms with Gasteiger partial charge < -0.3 is 4.74 Å². The van der Waals surface area contributed by atoms with Gasteiger partial charge in [0.05, 0.1) is 30.1 Å². The van der Waals surface area contributed by atoms with Gasteiger partial charge in [-0.3, -0.25) is 14.9 Å². The number of nitriles is 1. The van der Waals surface area contributed by atoms with Gasteiger partial charge in [-0.1, -0.05) is 6.07 Å². The third kappa shape index (κ3) is 2.54. The summed E-state index contributed by atoms with van der Waals surface area (Å²) in [5.41, 5.74) is 0.167. The molecule has 1 aromatic rings. The molecule has 0 bridgehead atoms. The molecule has 0 N–H and O–H groups in total. The first-order valence-electron chi connectivity index (χ1n) is 4.32. The number of nitro groups is 1. The van der Waals surface area contributed by atoms with E-state index in [1.54, 1.807) is 6.07 Å². The van der Waals surface area contributed by atoms with Crippen molar-refractivity contribution in [2.75, 3.05) is 7.11 Å². The molecule has 0 heterocycles. The van der Waals surface area contributed by atoms with Crippen molar-refractivity contribution in [1.82, 2.24) is 0 Å². The van der Waals surface area contributed by atoms with Gasteiger partial charge in [0, 0.05) is 11.6 Å². The molecule has 0 fully saturated rings. The predicted octanol–water partition coefficient (Wildman–Crippen LogP) is 1.18. The summed E-state index contributed by atoms with van der Waals surface area (Å²) in [6, 6.07) is 5.74. The summed E-state index contributed by atoms with van der Waals surface area (Å²) in [5, 5.41) is 19.3. The molecule has 0 spiro atoms. The number of nitro benzene ring substituents is 1. The molecular weight excluding hydrogens is 212 g/mol. The van der Waals surface area contributed by atoms with Gasteiger partial charge in [0.25, 0.3) is 5.69 Å². The lowest BCUT2D eigenvalue weighted by Gasteiger charge is -2.01. The minimum atomic E-state index is -0.626. The van der Waals surface area contributed by atoms with Gasteiger partial charge in [0.2, 0.25) is 0 Å². The molecule has 0 atom stereocenters. The van der Waals surface area contributed by atoms with Gasteiger partial charge in [0.15, 0.2) is 0 Å². The zero-order valence-corrected chi connectivity index (χ0v) is 8.47. The molecule has 0 saturated heterocycles. The van der Waals surface area contributed by atoms with Crippen molar-refractivity contribution in [3.05, 3.63) is 39.4 Å². The van der Waals surface area contributed by atoms with Crippen molar-refractivity contribution in [1.29, 1.82) is 5.26 Å². The molecule has 0 unspecified atom stereocenters. The molecular formula is C10H8N2O4. The van der Waals surface area contributed by atoms with Crippen molar-refractivity contribution < 1.29 is 14.5 Å². The second-order valence-corrected chi connectivity index (χ2v) is 2.97. The first kappa shape index (κ1) is 11.7. The molecule has 0 aromatic heterocycles. The Morgan fingerprint density at radius 3 is 2.81 bits per heavy atom. The third-order valence-corrected chi connectivity index (χ3v) is 1.97. The van der Waals surface area contributed by atoms with E-state index < -0.39 is 10.9 Å². The molecule has 0 radical (unpaired) electrons. The number of ether oxygens (including phenoxy) is 1. The van der Waals surface area contributed by atoms with E-state index in [-0.39, 0.29) is 23.2 Å². The fourth-order valence-electron chi connectivity index (χ4n) is 1.18. The summed E-state index contributed by atoms with van der Waals surface area (Å²) in [6.45, 7) is 0. The maximum absolute atomic E-state index is 11.0. The number of esters is 1. The van der Waals surface area contributed by atoms with E-state index >= 15 is 0 Å². The summed E-state index contributed by atoms with van der Waals surface area (Å²) in [5.74, 6) is -0.562. The number of nitrogens with zero attached hydrogens (tertiary/aromatic N) is 2. The highest BCUT2D eigenvalue weighted by Gasteiger charge is 2.17. The predicted molar refractivity (Wildman–Crippen MR) is 53.5 cm³/mol. The highest BCUT2D eigenvalue weighted by Crippen LogP contribution is 2.20. The standard InChI is InChI=1S/C10H8N2O4/c1-16-10(13)5-8-3-2-7(6-11)4-9(8)12(14)15/h2-4H,5H2,1H3. The van der Waals surface area contributed by atoms with Crippen molar-refractivity contribution in [2.24, 2.45) is 0 Å². The lowest BCUT2D eigenvalue weighted by atomic mass is 10.1. The number of hydrogen-bond donors (Lipinski definition) is 0. The topological polar surface area (TPSA) is 93.2 Å². The Labute approximate surface area is 91.2 Å². The van der Waals surface area contributed by atoms with Crippen LogP contribution in [0.2, 0.25) is 0 Å². The van der Waals surface area contributed by atoms with Crippen molar-refractivity contribution >= 4 is 11.7 Å². The monoisotopic (exact) mass is 220 g/mol. The molecule has 0 amide bonds. The molecule has 0 aliphatic rings. The summed E-state index contributed by atoms with van der Waals surface area (Å²) in [4.78, 5) is 21.1. The zero-order valence-electron chi connectivity index (χ0n) is 8.47. The summed E-state index contributed by atoms with van der Waals surface area (Å²) in [7, 11) is 1.21. The molecule has 6 heteroatoms. The largest absolute Gasteiger partial charge is 0.469 e. The van der Waals surface area contributed by atoms with E-state index in [9.17, 15) is 14.9 Å². The van der Waals surface area contributed by atoms with Crippen molar-refractivity contribution in [2.45, 2.75) is 6.42 Å². The van der Waals surface area contributed by atoms with E-state index in [0.29, 0.717) is 0 Å². The lowest BCUT2D eigenvalue weighted by molar-refractivity contribution is -0.385. The highest BCUT2D eigenvalue weighted by atomic mass is 16.6. The van der Waals surface area contributed by atoms with Crippen LogP contribution in [0.4, 0.5) is 5.69 Å². The van der Waals surface area contributed by atoms with Gasteiger partial charge in [0.1, 0.15) is 0 Å². The number of methoxy groups -OCH3 is 1. The maximum atomic E-state index is 11.0. The molecule has 0 aliphatic carbocycles. The Kier molecular flexibility index (Phi) is 3.56. The van der Waals surface area contributed by atoms with Crippen LogP contribution in [0.3, 0.4) is 0 Å². The van der Waals surface area contributed by atoms with Gasteiger partial charge in [-0.05, 0) is 6.07 Å². The quantitative estimate of drug-likeness (QED) is 0.433. The molecule has 1 aromatic carbocycles. The molecule has 6 nitrogen and oxygen atoms in total. The first-order valence-corrected chi connectivity index (χ1v) is 4.32. The Balaban J connectivity index is 3.14. The Morgan fingerprint density at radius 2 is 2.31 bits per heavy atom. The third-order valence-electron chi connectivity index (χ3n) is 1.97. The molecule has 82 valence electrons. The number of carbonyl (C=O) groups is 1. The minimum Gasteiger partial charge on any atom is -0.469 e. The van der Waals surface area contributed by atoms with Crippen LogP contribution in [-0.2, 0) is 16.0 Å². The van der Waals surface area contributed by atoms with Crippen LogP contribution >= 0.6 is 0 Å². The molecule has 0 saturated carbocycles. The molecule has 1 rings (SSSR count). The van der Waals surface area contributed by atoms with E-state index in [0.717, 1.165) is 6.07 Å². The van der Waals surface area contributed by atoms with Crippen LogP contribution in [0.15, 0.2) is 18.2 Å². The second kappa shape index (κ2) is 4.89. The summed E-state index contributed by atoms with van der Waals surface area (Å²) in [6.07, 6.45) is -0.182. The van der Waals surface area contributed by atoms with Crippen LogP contribution in [0.5, 0.6) is 0 Å². The van der Waals surface area contributed by atoms with Crippen LogP contribution in [0.25, 0.3) is 0 Å². The highest BCUT2D eigenvalue weighted by molar-refractivity contribution is 5.74. The van der Waals surface area contributed by atoms with Crippen LogP contribution in [0.1, 0.15) is 11.1 Å². The van der Waals surface area contributed by atoms with E-state index in [1.165, 1.54) is 19.2 Å². The first-order chi connectivity index (χ1) is 7.58. The average molecular weight is 220 g/mol. The van der Waals surface area contributed by atoms with E-state index in [4.69, 9.17) is 5.26 Å². The van der Waals surface area contributed by atoms with Crippen LogP contribution < -0.4 is 0 Å². The molecule has 16 heavy (non-hydrogen) atoms. The van der Waals surface area contributed by atoms with Crippen LogP contribution in [-0.4, -0.2) is 18.0 Å². The minimum absolute atomic E-state index is 0.181. The Bertz CT molecular complexity index is 476. The normalized spacial score (nSPS) is 9.25. The van der Waals surface area contributed by atoms with Crippen LogP contribution in [0, 0.1) is 21.4 Å². The van der Waals surface area contributed by atoms with Crippen molar-refractivity contribution in [3.63, 3.8) is 0 Å². The van der Waals surface area contributed by atoms with E-state index in [2.05, 4.69) is 4.74 Å². The zero-order chi connectivity index (χ0) is 12.1. The fourth-order valence-corrected chi connectivity index (χ4v) is 1.18. The average Bonchev–Trinajstić information content (AvgIpc) is 2.29. The van der Waals surface area contributed by atoms with Gasteiger partial charge >= 0.3 is 5.97 Å². The van der Waals surface area contributed by atoms with E-state index in [1.807, 2.05) is 0 Å². The number of hydrogen-bond acceptors (Lipinski definition) is 5. The fraction of sp³-hybridized carbons (Fsp3) is 0.200. The van der Waals surface area contributed by atoms with Gasteiger partial charge in [-0.15, -0.1) is 0 Å². The summed E-state index contributed by atoms with van der Waals surface area (Å²) < 4.78 is 4.42. The number of benzene rings is 1. The smallest absolute Gasteiger partial charge is 0.310 e. The SMILES string of the molecule is COC(=O)Cc1ccc(C#N)cc1[N+](=O)[O-]. The Hall–Kier alpha value is -2.42. The number of rotatable bonds is 3. The number of carbonyl (C=O) groups excluding carboxylic acids is 1. The van der Waals surface area contributed by atoms with Gasteiger partial charge in [-0.2, -0.15) is 5.26 Å². The maximum Gasteiger partial charge on any atom is 0.310 e. The lowest BCUT2D eigenvalue weighted by Crippen LogP contribution is -2.07.